The van der Waals surface area contributed by atoms with Crippen molar-refractivity contribution in [3.05, 3.63) is 51.9 Å². The minimum atomic E-state index is -0.229. The molecule has 0 aliphatic heterocycles. The van der Waals surface area contributed by atoms with Gasteiger partial charge in [-0.2, -0.15) is 0 Å². The number of nitrogens with two attached hydrogens (primary N) is 1. The maximum Gasteiger partial charge on any atom is 0.231 e. The third-order valence-corrected chi connectivity index (χ3v) is 2.99. The number of carbonyl (C=O) groups is 1. The van der Waals surface area contributed by atoms with E-state index in [9.17, 15) is 4.79 Å². The van der Waals surface area contributed by atoms with Crippen LogP contribution in [0.25, 0.3) is 0 Å². The second kappa shape index (κ2) is 5.37. The van der Waals surface area contributed by atoms with E-state index >= 15 is 0 Å². The van der Waals surface area contributed by atoms with Gasteiger partial charge < -0.3 is 14.9 Å². The minimum absolute atomic E-state index is 0.229. The van der Waals surface area contributed by atoms with Gasteiger partial charge in [0.15, 0.2) is 5.76 Å². The molecule has 1 aromatic heterocycles. The highest BCUT2D eigenvalue weighted by atomic mass is 79.9. The lowest BCUT2D eigenvalue weighted by Crippen LogP contribution is -2.03. The first kappa shape index (κ1) is 12.9. The summed E-state index contributed by atoms with van der Waals surface area (Å²) in [6.07, 6.45) is 0. The average molecular weight is 310 g/mol. The van der Waals surface area contributed by atoms with Crippen molar-refractivity contribution in [1.29, 1.82) is 0 Å². The number of ketones is 1. The fourth-order valence-electron chi connectivity index (χ4n) is 1.60. The highest BCUT2D eigenvalue weighted by Crippen LogP contribution is 2.26. The van der Waals surface area contributed by atoms with Crippen LogP contribution in [0, 0.1) is 0 Å². The first-order valence-corrected chi connectivity index (χ1v) is 6.12. The quantitative estimate of drug-likeness (QED) is 0.882. The zero-order chi connectivity index (χ0) is 13.1. The molecule has 0 bridgehead atoms. The fraction of sp³-hybridized carbons (Fsp3) is 0.154. The standard InChI is InChI=1S/C13H12BrNO3/c1-17-11-4-2-8(14)6-10(11)13(16)12-5-3-9(7-15)18-12/h2-6H,7,15H2,1H3. The summed E-state index contributed by atoms with van der Waals surface area (Å²) >= 11 is 3.33. The first-order chi connectivity index (χ1) is 8.65. The summed E-state index contributed by atoms with van der Waals surface area (Å²) in [6, 6.07) is 8.54. The van der Waals surface area contributed by atoms with Gasteiger partial charge in [-0.3, -0.25) is 4.79 Å². The zero-order valence-electron chi connectivity index (χ0n) is 9.77. The van der Waals surface area contributed by atoms with Gasteiger partial charge in [0, 0.05) is 4.47 Å². The van der Waals surface area contributed by atoms with Gasteiger partial charge in [0.25, 0.3) is 0 Å². The molecule has 5 heteroatoms. The minimum Gasteiger partial charge on any atom is -0.496 e. The van der Waals surface area contributed by atoms with Crippen LogP contribution in [0.4, 0.5) is 0 Å². The van der Waals surface area contributed by atoms with Gasteiger partial charge in [-0.05, 0) is 30.3 Å². The smallest absolute Gasteiger partial charge is 0.231 e. The summed E-state index contributed by atoms with van der Waals surface area (Å²) in [4.78, 5) is 12.3. The molecule has 0 unspecified atom stereocenters. The van der Waals surface area contributed by atoms with Crippen molar-refractivity contribution in [2.24, 2.45) is 5.73 Å². The number of methoxy groups -OCH3 is 1. The second-order valence-corrected chi connectivity index (χ2v) is 4.56. The molecule has 4 nitrogen and oxygen atoms in total. The van der Waals surface area contributed by atoms with Crippen LogP contribution in [0.2, 0.25) is 0 Å². The van der Waals surface area contributed by atoms with E-state index < -0.39 is 0 Å². The molecule has 0 aliphatic carbocycles. The maximum atomic E-state index is 12.3. The van der Waals surface area contributed by atoms with Crippen molar-refractivity contribution in [2.75, 3.05) is 7.11 Å². The molecule has 2 rings (SSSR count). The molecule has 1 heterocycles. The van der Waals surface area contributed by atoms with Crippen LogP contribution in [-0.4, -0.2) is 12.9 Å². The third-order valence-electron chi connectivity index (χ3n) is 2.49. The van der Waals surface area contributed by atoms with E-state index in [-0.39, 0.29) is 18.1 Å². The Hall–Kier alpha value is -1.59. The normalized spacial score (nSPS) is 10.4. The van der Waals surface area contributed by atoms with Crippen LogP contribution in [0.3, 0.4) is 0 Å². The first-order valence-electron chi connectivity index (χ1n) is 5.32. The topological polar surface area (TPSA) is 65.5 Å². The number of carbonyl (C=O) groups excluding carboxylic acids is 1. The molecular weight excluding hydrogens is 298 g/mol. The fourth-order valence-corrected chi connectivity index (χ4v) is 1.96. The van der Waals surface area contributed by atoms with Gasteiger partial charge in [0.1, 0.15) is 11.5 Å². The Labute approximate surface area is 113 Å². The molecule has 0 saturated carbocycles. The van der Waals surface area contributed by atoms with Crippen LogP contribution in [0.5, 0.6) is 5.75 Å². The lowest BCUT2D eigenvalue weighted by Gasteiger charge is -2.06. The van der Waals surface area contributed by atoms with Crippen LogP contribution < -0.4 is 10.5 Å². The van der Waals surface area contributed by atoms with Gasteiger partial charge >= 0.3 is 0 Å². The van der Waals surface area contributed by atoms with Gasteiger partial charge in [0.05, 0.1) is 19.2 Å². The molecule has 0 atom stereocenters. The van der Waals surface area contributed by atoms with Gasteiger partial charge in [-0.25, -0.2) is 0 Å². The van der Waals surface area contributed by atoms with Gasteiger partial charge in [-0.1, -0.05) is 15.9 Å². The molecule has 2 N–H and O–H groups in total. The van der Waals surface area contributed by atoms with Crippen molar-refractivity contribution in [2.45, 2.75) is 6.54 Å². The number of hydrogen-bond donors (Lipinski definition) is 1. The highest BCUT2D eigenvalue weighted by molar-refractivity contribution is 9.10. The van der Waals surface area contributed by atoms with Crippen LogP contribution >= 0.6 is 15.9 Å². The van der Waals surface area contributed by atoms with Crippen LogP contribution in [-0.2, 0) is 6.54 Å². The van der Waals surface area contributed by atoms with E-state index in [2.05, 4.69) is 15.9 Å². The van der Waals surface area contributed by atoms with Crippen molar-refractivity contribution >= 4 is 21.7 Å². The van der Waals surface area contributed by atoms with Gasteiger partial charge in [0.2, 0.25) is 5.78 Å². The Bertz CT molecular complexity index is 577. The molecule has 0 fully saturated rings. The molecule has 0 amide bonds. The molecule has 2 aromatic rings. The zero-order valence-corrected chi connectivity index (χ0v) is 11.4. The van der Waals surface area contributed by atoms with Gasteiger partial charge in [-0.15, -0.1) is 0 Å². The Morgan fingerprint density at radius 3 is 2.78 bits per heavy atom. The van der Waals surface area contributed by atoms with E-state index in [1.165, 1.54) is 7.11 Å². The van der Waals surface area contributed by atoms with E-state index in [1.807, 2.05) is 6.07 Å². The monoisotopic (exact) mass is 309 g/mol. The summed E-state index contributed by atoms with van der Waals surface area (Å²) in [5.74, 6) is 1.11. The van der Waals surface area contributed by atoms with E-state index in [1.54, 1.807) is 24.3 Å². The highest BCUT2D eigenvalue weighted by Gasteiger charge is 2.18. The Balaban J connectivity index is 2.41. The number of ether oxygens (including phenoxy) is 1. The van der Waals surface area contributed by atoms with Crippen molar-refractivity contribution < 1.29 is 13.9 Å². The lowest BCUT2D eigenvalue weighted by atomic mass is 10.1. The van der Waals surface area contributed by atoms with E-state index in [0.29, 0.717) is 17.1 Å². The van der Waals surface area contributed by atoms with Crippen molar-refractivity contribution in [1.82, 2.24) is 0 Å². The molecule has 94 valence electrons. The molecule has 0 spiro atoms. The number of benzene rings is 1. The Kier molecular flexibility index (Phi) is 3.84. The largest absolute Gasteiger partial charge is 0.496 e. The predicted octanol–water partition coefficient (Wildman–Crippen LogP) is 2.74. The number of halogens is 1. The summed E-state index contributed by atoms with van der Waals surface area (Å²) < 4.78 is 11.3. The number of rotatable bonds is 4. The van der Waals surface area contributed by atoms with Crippen molar-refractivity contribution in [3.63, 3.8) is 0 Å². The lowest BCUT2D eigenvalue weighted by molar-refractivity contribution is 0.100. The Morgan fingerprint density at radius 2 is 2.17 bits per heavy atom. The van der Waals surface area contributed by atoms with E-state index in [4.69, 9.17) is 14.9 Å². The predicted molar refractivity (Wildman–Crippen MR) is 70.7 cm³/mol. The molecule has 0 saturated heterocycles. The average Bonchev–Trinajstić information content (AvgIpc) is 2.86. The molecule has 0 radical (unpaired) electrons. The summed E-state index contributed by atoms with van der Waals surface area (Å²) in [5.41, 5.74) is 5.89. The summed E-state index contributed by atoms with van der Waals surface area (Å²) in [6.45, 7) is 0.267. The summed E-state index contributed by atoms with van der Waals surface area (Å²) in [5, 5.41) is 0. The maximum absolute atomic E-state index is 12.3. The molecule has 0 aliphatic rings. The molecule has 1 aromatic carbocycles. The number of furan rings is 1. The molecule has 18 heavy (non-hydrogen) atoms. The van der Waals surface area contributed by atoms with Crippen LogP contribution in [0.15, 0.2) is 39.2 Å². The summed E-state index contributed by atoms with van der Waals surface area (Å²) in [7, 11) is 1.52. The molecular formula is C13H12BrNO3. The van der Waals surface area contributed by atoms with E-state index in [0.717, 1.165) is 4.47 Å². The SMILES string of the molecule is COc1ccc(Br)cc1C(=O)c1ccc(CN)o1. The number of hydrogen-bond acceptors (Lipinski definition) is 4. The second-order valence-electron chi connectivity index (χ2n) is 3.64. The Morgan fingerprint density at radius 1 is 1.39 bits per heavy atom. The third kappa shape index (κ3) is 2.47. The van der Waals surface area contributed by atoms with Crippen molar-refractivity contribution in [3.8, 4) is 5.75 Å². The van der Waals surface area contributed by atoms with Crippen LogP contribution in [0.1, 0.15) is 21.9 Å².